The van der Waals surface area contributed by atoms with E-state index in [-0.39, 0.29) is 19.8 Å². The summed E-state index contributed by atoms with van der Waals surface area (Å²) < 4.78 is 15.4. The number of esters is 1. The molecule has 0 aromatic heterocycles. The van der Waals surface area contributed by atoms with Gasteiger partial charge < -0.3 is 24.4 Å². The fraction of sp³-hybridized carbons (Fsp3) is 0.500. The number of aliphatic hydroxyl groups is 2. The molecule has 2 heterocycles. The van der Waals surface area contributed by atoms with Crippen molar-refractivity contribution in [3.8, 4) is 0 Å². The van der Waals surface area contributed by atoms with Crippen LogP contribution in [0.4, 0.5) is 4.79 Å². The molecule has 3 rings (SSSR count). The van der Waals surface area contributed by atoms with E-state index in [9.17, 15) is 19.8 Å². The number of ether oxygens (including phenoxy) is 3. The second kappa shape index (κ2) is 6.39. The van der Waals surface area contributed by atoms with E-state index in [4.69, 9.17) is 14.2 Å². The predicted octanol–water partition coefficient (Wildman–Crippen LogP) is 0.0188. The maximum atomic E-state index is 12.2. The van der Waals surface area contributed by atoms with Gasteiger partial charge in [0.2, 0.25) is 0 Å². The van der Waals surface area contributed by atoms with Gasteiger partial charge in [0.15, 0.2) is 6.29 Å². The minimum Gasteiger partial charge on any atom is -0.463 e. The first-order valence-electron chi connectivity index (χ1n) is 7.58. The lowest BCUT2D eigenvalue weighted by molar-refractivity contribution is -0.155. The first-order valence-corrected chi connectivity index (χ1v) is 7.58. The molecule has 2 saturated heterocycles. The maximum absolute atomic E-state index is 12.2. The lowest BCUT2D eigenvalue weighted by atomic mass is 9.87. The van der Waals surface area contributed by atoms with Crippen LogP contribution in [0.25, 0.3) is 0 Å². The summed E-state index contributed by atoms with van der Waals surface area (Å²) in [6, 6.07) is 9.17. The van der Waals surface area contributed by atoms with Crippen LogP contribution in [0.2, 0.25) is 0 Å². The lowest BCUT2D eigenvalue weighted by Crippen LogP contribution is -2.61. The van der Waals surface area contributed by atoms with Gasteiger partial charge in [-0.05, 0) is 5.56 Å². The Hall–Kier alpha value is -2.16. The number of nitrogens with zero attached hydrogens (tertiary/aromatic N) is 1. The third kappa shape index (κ3) is 2.72. The standard InChI is InChI=1S/C16H19NO7/c1-10(18)22-8-12-16(13(19)14(20)24-12)9-23-15(21)17(16)7-11-5-3-2-4-6-11/h2-6,12-14,19-20H,7-9H2,1H3/t12-,13+,14+,16+/m1/s1. The smallest absolute Gasteiger partial charge is 0.410 e. The summed E-state index contributed by atoms with van der Waals surface area (Å²) in [5, 5.41) is 20.4. The molecule has 1 spiro atoms. The quantitative estimate of drug-likeness (QED) is 0.746. The molecule has 8 heteroatoms. The number of carbonyl (C=O) groups is 2. The van der Waals surface area contributed by atoms with Gasteiger partial charge in [0.25, 0.3) is 0 Å². The van der Waals surface area contributed by atoms with E-state index in [0.29, 0.717) is 0 Å². The highest BCUT2D eigenvalue weighted by atomic mass is 16.7. The minimum absolute atomic E-state index is 0.164. The van der Waals surface area contributed by atoms with Crippen molar-refractivity contribution >= 4 is 12.1 Å². The molecule has 0 radical (unpaired) electrons. The number of amides is 1. The van der Waals surface area contributed by atoms with Crippen LogP contribution in [0, 0.1) is 0 Å². The third-order valence-corrected chi connectivity index (χ3v) is 4.41. The summed E-state index contributed by atoms with van der Waals surface area (Å²) in [7, 11) is 0. The Bertz CT molecular complexity index is 622. The zero-order valence-corrected chi connectivity index (χ0v) is 13.1. The summed E-state index contributed by atoms with van der Waals surface area (Å²) in [6.45, 7) is 1.05. The average Bonchev–Trinajstić information content (AvgIpc) is 3.01. The fourth-order valence-electron chi connectivity index (χ4n) is 3.17. The highest BCUT2D eigenvalue weighted by Crippen LogP contribution is 2.41. The van der Waals surface area contributed by atoms with Crippen LogP contribution in [0.15, 0.2) is 30.3 Å². The van der Waals surface area contributed by atoms with Gasteiger partial charge in [0, 0.05) is 13.5 Å². The zero-order chi connectivity index (χ0) is 17.3. The fourth-order valence-corrected chi connectivity index (χ4v) is 3.17. The van der Waals surface area contributed by atoms with E-state index < -0.39 is 36.1 Å². The number of aliphatic hydroxyl groups excluding tert-OH is 2. The first kappa shape index (κ1) is 16.7. The van der Waals surface area contributed by atoms with Crippen molar-refractivity contribution in [1.29, 1.82) is 0 Å². The summed E-state index contributed by atoms with van der Waals surface area (Å²) in [6.07, 6.45) is -4.41. The van der Waals surface area contributed by atoms with E-state index in [0.717, 1.165) is 5.56 Å². The molecule has 1 aromatic rings. The molecule has 1 amide bonds. The van der Waals surface area contributed by atoms with Crippen LogP contribution in [-0.4, -0.2) is 64.4 Å². The van der Waals surface area contributed by atoms with Gasteiger partial charge in [0.05, 0.1) is 0 Å². The van der Waals surface area contributed by atoms with E-state index in [1.54, 1.807) is 0 Å². The second-order valence-corrected chi connectivity index (χ2v) is 5.88. The Morgan fingerprint density at radius 1 is 1.38 bits per heavy atom. The molecular weight excluding hydrogens is 318 g/mol. The first-order chi connectivity index (χ1) is 11.4. The molecule has 24 heavy (non-hydrogen) atoms. The van der Waals surface area contributed by atoms with Gasteiger partial charge >= 0.3 is 12.1 Å². The highest BCUT2D eigenvalue weighted by Gasteiger charge is 2.65. The molecule has 4 atom stereocenters. The minimum atomic E-state index is -1.50. The van der Waals surface area contributed by atoms with Crippen LogP contribution >= 0.6 is 0 Å². The van der Waals surface area contributed by atoms with Crippen molar-refractivity contribution in [3.63, 3.8) is 0 Å². The van der Waals surface area contributed by atoms with Gasteiger partial charge in [-0.1, -0.05) is 30.3 Å². The van der Waals surface area contributed by atoms with Gasteiger partial charge in [-0.25, -0.2) is 4.79 Å². The van der Waals surface area contributed by atoms with Crippen molar-refractivity contribution in [3.05, 3.63) is 35.9 Å². The highest BCUT2D eigenvalue weighted by molar-refractivity contribution is 5.72. The molecule has 2 aliphatic rings. The molecule has 130 valence electrons. The Kier molecular flexibility index (Phi) is 4.44. The molecule has 1 aromatic carbocycles. The predicted molar refractivity (Wildman–Crippen MR) is 79.6 cm³/mol. The van der Waals surface area contributed by atoms with Gasteiger partial charge in [-0.3, -0.25) is 9.69 Å². The number of rotatable bonds is 4. The van der Waals surface area contributed by atoms with Crippen molar-refractivity contribution < 1.29 is 34.0 Å². The Balaban J connectivity index is 1.90. The van der Waals surface area contributed by atoms with Crippen LogP contribution < -0.4 is 0 Å². The third-order valence-electron chi connectivity index (χ3n) is 4.41. The molecule has 0 saturated carbocycles. The SMILES string of the molecule is CC(=O)OC[C@H]1O[C@H](O)[C@H](O)[C@]12COC(=O)N2Cc1ccccc1. The normalized spacial score (nSPS) is 32.2. The van der Waals surface area contributed by atoms with Crippen LogP contribution in [0.1, 0.15) is 12.5 Å². The van der Waals surface area contributed by atoms with E-state index in [2.05, 4.69) is 0 Å². The second-order valence-electron chi connectivity index (χ2n) is 5.88. The molecule has 8 nitrogen and oxygen atoms in total. The van der Waals surface area contributed by atoms with Gasteiger partial charge in [-0.2, -0.15) is 0 Å². The number of hydrogen-bond acceptors (Lipinski definition) is 7. The topological polar surface area (TPSA) is 106 Å². The molecule has 2 fully saturated rings. The molecule has 0 unspecified atom stereocenters. The maximum Gasteiger partial charge on any atom is 0.410 e. The Labute approximate surface area is 138 Å². The van der Waals surface area contributed by atoms with E-state index in [1.807, 2.05) is 30.3 Å². The van der Waals surface area contributed by atoms with Gasteiger partial charge in [-0.15, -0.1) is 0 Å². The Morgan fingerprint density at radius 3 is 2.75 bits per heavy atom. The summed E-state index contributed by atoms with van der Waals surface area (Å²) in [4.78, 5) is 24.6. The van der Waals surface area contributed by atoms with Crippen LogP contribution in [-0.2, 0) is 25.5 Å². The number of cyclic esters (lactones) is 1. The molecule has 2 aliphatic heterocycles. The summed E-state index contributed by atoms with van der Waals surface area (Å²) in [5.41, 5.74) is -0.488. The summed E-state index contributed by atoms with van der Waals surface area (Å²) in [5.74, 6) is -0.524. The van der Waals surface area contributed by atoms with E-state index in [1.165, 1.54) is 11.8 Å². The Morgan fingerprint density at radius 2 is 2.08 bits per heavy atom. The number of carbonyl (C=O) groups excluding carboxylic acids is 2. The monoisotopic (exact) mass is 337 g/mol. The van der Waals surface area contributed by atoms with Crippen LogP contribution in [0.3, 0.4) is 0 Å². The molecular formula is C16H19NO7. The summed E-state index contributed by atoms with van der Waals surface area (Å²) >= 11 is 0. The van der Waals surface area contributed by atoms with Crippen molar-refractivity contribution in [2.24, 2.45) is 0 Å². The lowest BCUT2D eigenvalue weighted by Gasteiger charge is -2.37. The molecule has 0 aliphatic carbocycles. The largest absolute Gasteiger partial charge is 0.463 e. The molecule has 0 bridgehead atoms. The molecule has 2 N–H and O–H groups in total. The number of benzene rings is 1. The van der Waals surface area contributed by atoms with Gasteiger partial charge in [0.1, 0.15) is 31.0 Å². The van der Waals surface area contributed by atoms with Crippen LogP contribution in [0.5, 0.6) is 0 Å². The number of hydrogen-bond donors (Lipinski definition) is 2. The zero-order valence-electron chi connectivity index (χ0n) is 13.1. The van der Waals surface area contributed by atoms with E-state index >= 15 is 0 Å². The average molecular weight is 337 g/mol. The van der Waals surface area contributed by atoms with Crippen molar-refractivity contribution in [2.45, 2.75) is 37.5 Å². The van der Waals surface area contributed by atoms with Crippen molar-refractivity contribution in [1.82, 2.24) is 4.90 Å². The van der Waals surface area contributed by atoms with Crippen molar-refractivity contribution in [2.75, 3.05) is 13.2 Å².